The van der Waals surface area contributed by atoms with Crippen molar-refractivity contribution in [1.82, 2.24) is 10.2 Å². The molecule has 2 amide bonds. The van der Waals surface area contributed by atoms with Gasteiger partial charge in [0.15, 0.2) is 0 Å². The van der Waals surface area contributed by atoms with E-state index < -0.39 is 0 Å². The first-order chi connectivity index (χ1) is 7.04. The zero-order valence-corrected chi connectivity index (χ0v) is 8.82. The van der Waals surface area contributed by atoms with E-state index in [2.05, 4.69) is 5.32 Å². The number of urea groups is 1. The molecule has 1 aliphatic heterocycles. The van der Waals surface area contributed by atoms with Gasteiger partial charge in [-0.2, -0.15) is 0 Å². The van der Waals surface area contributed by atoms with Gasteiger partial charge in [-0.1, -0.05) is 12.1 Å². The van der Waals surface area contributed by atoms with Crippen LogP contribution in [-0.4, -0.2) is 29.6 Å². The van der Waals surface area contributed by atoms with Gasteiger partial charge >= 0.3 is 6.03 Å². The number of hydrogen-bond donors (Lipinski definition) is 2. The molecule has 1 fully saturated rings. The Bertz CT molecular complexity index is 388. The first kappa shape index (κ1) is 9.83. The molecule has 2 rings (SSSR count). The number of phenols is 1. The van der Waals surface area contributed by atoms with Gasteiger partial charge in [0.1, 0.15) is 5.75 Å². The van der Waals surface area contributed by atoms with Crippen LogP contribution in [0.5, 0.6) is 5.75 Å². The number of nitrogens with zero attached hydrogens (tertiary/aromatic N) is 1. The number of hydrogen-bond acceptors (Lipinski definition) is 2. The lowest BCUT2D eigenvalue weighted by atomic mass is 9.92. The summed E-state index contributed by atoms with van der Waals surface area (Å²) in [5.74, 6) is 0.238. The van der Waals surface area contributed by atoms with Gasteiger partial charge in [0.25, 0.3) is 0 Å². The fourth-order valence-corrected chi connectivity index (χ4v) is 1.83. The van der Waals surface area contributed by atoms with Gasteiger partial charge in [-0.3, -0.25) is 0 Å². The van der Waals surface area contributed by atoms with Crippen molar-refractivity contribution in [3.63, 3.8) is 0 Å². The van der Waals surface area contributed by atoms with Gasteiger partial charge in [-0.25, -0.2) is 4.79 Å². The number of amides is 2. The minimum atomic E-state index is -0.329. The zero-order valence-electron chi connectivity index (χ0n) is 8.82. The number of benzene rings is 1. The van der Waals surface area contributed by atoms with Gasteiger partial charge in [-0.05, 0) is 24.6 Å². The standard InChI is InChI=1S/C11H14N2O2/c1-11(7-12-10(15)13(11)2)8-3-5-9(14)6-4-8/h3-6,14H,7H2,1-2H3,(H,12,15). The van der Waals surface area contributed by atoms with E-state index in [0.29, 0.717) is 6.54 Å². The summed E-state index contributed by atoms with van der Waals surface area (Å²) in [4.78, 5) is 13.1. The highest BCUT2D eigenvalue weighted by Crippen LogP contribution is 2.30. The molecule has 1 saturated heterocycles. The molecular weight excluding hydrogens is 192 g/mol. The highest BCUT2D eigenvalue weighted by molar-refractivity contribution is 5.78. The van der Waals surface area contributed by atoms with Crippen molar-refractivity contribution in [1.29, 1.82) is 0 Å². The molecule has 1 aromatic carbocycles. The van der Waals surface area contributed by atoms with Crippen molar-refractivity contribution < 1.29 is 9.90 Å². The molecule has 1 atom stereocenters. The van der Waals surface area contributed by atoms with Crippen molar-refractivity contribution in [2.75, 3.05) is 13.6 Å². The molecule has 1 unspecified atom stereocenters. The van der Waals surface area contributed by atoms with Gasteiger partial charge in [0.2, 0.25) is 0 Å². The van der Waals surface area contributed by atoms with Crippen LogP contribution in [0.4, 0.5) is 4.79 Å². The van der Waals surface area contributed by atoms with Crippen LogP contribution < -0.4 is 5.32 Å². The van der Waals surface area contributed by atoms with E-state index in [-0.39, 0.29) is 17.3 Å². The van der Waals surface area contributed by atoms with Crippen LogP contribution in [0.1, 0.15) is 12.5 Å². The van der Waals surface area contributed by atoms with Gasteiger partial charge in [0.05, 0.1) is 5.54 Å². The summed E-state index contributed by atoms with van der Waals surface area (Å²) in [5.41, 5.74) is 0.686. The lowest BCUT2D eigenvalue weighted by Crippen LogP contribution is -2.39. The molecule has 0 aliphatic carbocycles. The Morgan fingerprint density at radius 1 is 1.40 bits per heavy atom. The summed E-state index contributed by atoms with van der Waals surface area (Å²) in [6, 6.07) is 6.89. The number of carbonyl (C=O) groups is 1. The largest absolute Gasteiger partial charge is 0.508 e. The Kier molecular flexibility index (Phi) is 2.07. The minimum Gasteiger partial charge on any atom is -0.508 e. The molecule has 0 saturated carbocycles. The molecule has 0 bridgehead atoms. The quantitative estimate of drug-likeness (QED) is 0.726. The summed E-state index contributed by atoms with van der Waals surface area (Å²) < 4.78 is 0. The molecule has 4 nitrogen and oxygen atoms in total. The van der Waals surface area contributed by atoms with Crippen molar-refractivity contribution in [3.8, 4) is 5.75 Å². The summed E-state index contributed by atoms with van der Waals surface area (Å²) in [7, 11) is 1.77. The smallest absolute Gasteiger partial charge is 0.318 e. The molecule has 1 aromatic rings. The van der Waals surface area contributed by atoms with Crippen molar-refractivity contribution in [2.24, 2.45) is 0 Å². The summed E-state index contributed by atoms with van der Waals surface area (Å²) >= 11 is 0. The number of rotatable bonds is 1. The van der Waals surface area contributed by atoms with Crippen molar-refractivity contribution in [2.45, 2.75) is 12.5 Å². The van der Waals surface area contributed by atoms with Gasteiger partial charge in [0, 0.05) is 13.6 Å². The second kappa shape index (κ2) is 3.15. The van der Waals surface area contributed by atoms with E-state index in [4.69, 9.17) is 0 Å². The maximum absolute atomic E-state index is 11.4. The Balaban J connectivity index is 2.38. The van der Waals surface area contributed by atoms with E-state index in [0.717, 1.165) is 5.56 Å². The van der Waals surface area contributed by atoms with Crippen LogP contribution in [0.15, 0.2) is 24.3 Å². The minimum absolute atomic E-state index is 0.0643. The van der Waals surface area contributed by atoms with Crippen LogP contribution in [0, 0.1) is 0 Å². The molecule has 2 N–H and O–H groups in total. The maximum atomic E-state index is 11.4. The fraction of sp³-hybridized carbons (Fsp3) is 0.364. The zero-order chi connectivity index (χ0) is 11.1. The molecular formula is C11H14N2O2. The molecule has 1 heterocycles. The molecule has 1 aliphatic rings. The monoisotopic (exact) mass is 206 g/mol. The predicted molar refractivity (Wildman–Crippen MR) is 56.6 cm³/mol. The number of nitrogens with one attached hydrogen (secondary N) is 1. The molecule has 15 heavy (non-hydrogen) atoms. The number of aromatic hydroxyl groups is 1. The van der Waals surface area contributed by atoms with Crippen LogP contribution >= 0.6 is 0 Å². The second-order valence-corrected chi connectivity index (χ2v) is 4.04. The Morgan fingerprint density at radius 2 is 2.00 bits per heavy atom. The van der Waals surface area contributed by atoms with Gasteiger partial charge in [-0.15, -0.1) is 0 Å². The van der Waals surface area contributed by atoms with Crippen LogP contribution in [0.25, 0.3) is 0 Å². The Labute approximate surface area is 88.5 Å². The van der Waals surface area contributed by atoms with Crippen LogP contribution in [0.2, 0.25) is 0 Å². The summed E-state index contributed by atoms with van der Waals surface area (Å²) in [5, 5.41) is 12.0. The first-order valence-electron chi connectivity index (χ1n) is 4.85. The van der Waals surface area contributed by atoms with E-state index in [1.807, 2.05) is 19.1 Å². The highest BCUT2D eigenvalue weighted by Gasteiger charge is 2.40. The number of phenolic OH excluding ortho intramolecular Hbond substituents is 1. The van der Waals surface area contributed by atoms with Crippen molar-refractivity contribution in [3.05, 3.63) is 29.8 Å². The SMILES string of the molecule is CN1C(=O)NCC1(C)c1ccc(O)cc1. The fourth-order valence-electron chi connectivity index (χ4n) is 1.83. The van der Waals surface area contributed by atoms with E-state index in [1.165, 1.54) is 0 Å². The van der Waals surface area contributed by atoms with Gasteiger partial charge < -0.3 is 15.3 Å². The van der Waals surface area contributed by atoms with Crippen LogP contribution in [0.3, 0.4) is 0 Å². The van der Waals surface area contributed by atoms with Crippen LogP contribution in [-0.2, 0) is 5.54 Å². The van der Waals surface area contributed by atoms with Crippen molar-refractivity contribution >= 4 is 6.03 Å². The molecule has 4 heteroatoms. The maximum Gasteiger partial charge on any atom is 0.318 e. The third-order valence-corrected chi connectivity index (χ3v) is 3.12. The lowest BCUT2D eigenvalue weighted by molar-refractivity contribution is 0.189. The molecule has 0 spiro atoms. The molecule has 0 aromatic heterocycles. The first-order valence-corrected chi connectivity index (χ1v) is 4.85. The molecule has 0 radical (unpaired) electrons. The topological polar surface area (TPSA) is 52.6 Å². The summed E-state index contributed by atoms with van der Waals surface area (Å²) in [6.45, 7) is 2.59. The third-order valence-electron chi connectivity index (χ3n) is 3.12. The average molecular weight is 206 g/mol. The van der Waals surface area contributed by atoms with E-state index in [1.54, 1.807) is 24.1 Å². The number of carbonyl (C=O) groups excluding carboxylic acids is 1. The third kappa shape index (κ3) is 1.42. The van der Waals surface area contributed by atoms with E-state index in [9.17, 15) is 9.90 Å². The average Bonchev–Trinajstić information content (AvgIpc) is 2.48. The highest BCUT2D eigenvalue weighted by atomic mass is 16.3. The number of likely N-dealkylation sites (N-methyl/N-ethyl adjacent to an activating group) is 1. The Hall–Kier alpha value is -1.71. The van der Waals surface area contributed by atoms with E-state index >= 15 is 0 Å². The second-order valence-electron chi connectivity index (χ2n) is 4.04. The normalized spacial score (nSPS) is 25.5. The lowest BCUT2D eigenvalue weighted by Gasteiger charge is -2.30. The summed E-state index contributed by atoms with van der Waals surface area (Å²) in [6.07, 6.45) is 0. The predicted octanol–water partition coefficient (Wildman–Crippen LogP) is 1.26. The molecule has 80 valence electrons. The Morgan fingerprint density at radius 3 is 2.47 bits per heavy atom.